The summed E-state index contributed by atoms with van der Waals surface area (Å²) in [6.45, 7) is 2.85. The maximum absolute atomic E-state index is 6.05. The Bertz CT molecular complexity index is 367. The van der Waals surface area contributed by atoms with Crippen molar-refractivity contribution in [2.45, 2.75) is 13.0 Å². The van der Waals surface area contributed by atoms with E-state index in [1.165, 1.54) is 0 Å². The van der Waals surface area contributed by atoms with E-state index in [-0.39, 0.29) is 0 Å². The van der Waals surface area contributed by atoms with Crippen LogP contribution in [0.25, 0.3) is 0 Å². The van der Waals surface area contributed by atoms with E-state index < -0.39 is 0 Å². The van der Waals surface area contributed by atoms with Crippen LogP contribution >= 0.6 is 23.2 Å². The van der Waals surface area contributed by atoms with E-state index in [0.717, 1.165) is 17.9 Å². The summed E-state index contributed by atoms with van der Waals surface area (Å²) in [5, 5.41) is 4.51. The fourth-order valence-electron chi connectivity index (χ4n) is 1.43. The highest BCUT2D eigenvalue weighted by Crippen LogP contribution is 2.25. The van der Waals surface area contributed by atoms with Crippen molar-refractivity contribution in [2.24, 2.45) is 4.99 Å². The zero-order chi connectivity index (χ0) is 10.1. The van der Waals surface area contributed by atoms with Gasteiger partial charge in [0.25, 0.3) is 0 Å². The second kappa shape index (κ2) is 3.79. The monoisotopic (exact) mass is 228 g/mol. The third-order valence-corrected chi connectivity index (χ3v) is 2.74. The number of amidine groups is 1. The van der Waals surface area contributed by atoms with Gasteiger partial charge in [0.05, 0.1) is 22.2 Å². The summed E-state index contributed by atoms with van der Waals surface area (Å²) in [6.07, 6.45) is 0. The molecule has 0 saturated heterocycles. The molecule has 14 heavy (non-hydrogen) atoms. The van der Waals surface area contributed by atoms with Crippen LogP contribution in [0.2, 0.25) is 10.0 Å². The van der Waals surface area contributed by atoms with Gasteiger partial charge in [0, 0.05) is 6.04 Å². The molecule has 0 aromatic heterocycles. The minimum Gasteiger partial charge on any atom is -0.365 e. The highest BCUT2D eigenvalue weighted by Gasteiger charge is 2.18. The van der Waals surface area contributed by atoms with Gasteiger partial charge in [-0.3, -0.25) is 4.99 Å². The molecule has 0 radical (unpaired) electrons. The van der Waals surface area contributed by atoms with Gasteiger partial charge in [-0.05, 0) is 19.1 Å². The molecule has 0 spiro atoms. The quantitative estimate of drug-likeness (QED) is 0.786. The topological polar surface area (TPSA) is 24.4 Å². The third-order valence-electron chi connectivity index (χ3n) is 2.11. The van der Waals surface area contributed by atoms with Gasteiger partial charge in [-0.25, -0.2) is 0 Å². The predicted octanol–water partition coefficient (Wildman–Crippen LogP) is 2.73. The standard InChI is InChI=1S/C10H10Cl2N2/c1-6-5-13-10(14-6)9-7(11)3-2-4-8(9)12/h2-4,6H,5H2,1H3,(H,13,14). The number of benzene rings is 1. The fraction of sp³-hybridized carbons (Fsp3) is 0.300. The maximum atomic E-state index is 6.05. The van der Waals surface area contributed by atoms with Crippen LogP contribution in [-0.2, 0) is 0 Å². The molecule has 0 fully saturated rings. The molecule has 1 N–H and O–H groups in total. The zero-order valence-electron chi connectivity index (χ0n) is 7.72. The van der Waals surface area contributed by atoms with Crippen molar-refractivity contribution in [1.82, 2.24) is 5.32 Å². The van der Waals surface area contributed by atoms with Crippen molar-refractivity contribution in [3.8, 4) is 0 Å². The lowest BCUT2D eigenvalue weighted by Gasteiger charge is -2.09. The van der Waals surface area contributed by atoms with E-state index in [1.807, 2.05) is 18.2 Å². The second-order valence-electron chi connectivity index (χ2n) is 3.33. The van der Waals surface area contributed by atoms with Crippen LogP contribution in [0.5, 0.6) is 0 Å². The van der Waals surface area contributed by atoms with Crippen molar-refractivity contribution < 1.29 is 0 Å². The molecular weight excluding hydrogens is 219 g/mol. The summed E-state index contributed by atoms with van der Waals surface area (Å²) in [6, 6.07) is 5.82. The van der Waals surface area contributed by atoms with Crippen molar-refractivity contribution in [3.63, 3.8) is 0 Å². The third kappa shape index (κ3) is 1.72. The van der Waals surface area contributed by atoms with Gasteiger partial charge < -0.3 is 5.32 Å². The van der Waals surface area contributed by atoms with E-state index in [9.17, 15) is 0 Å². The molecule has 4 heteroatoms. The predicted molar refractivity (Wildman–Crippen MR) is 60.5 cm³/mol. The Balaban J connectivity index is 2.42. The summed E-state index contributed by atoms with van der Waals surface area (Å²) >= 11 is 12.1. The van der Waals surface area contributed by atoms with Crippen LogP contribution < -0.4 is 5.32 Å². The lowest BCUT2D eigenvalue weighted by molar-refractivity contribution is 0.726. The number of rotatable bonds is 1. The first kappa shape index (κ1) is 9.81. The lowest BCUT2D eigenvalue weighted by atomic mass is 10.2. The van der Waals surface area contributed by atoms with Crippen LogP contribution in [0, 0.1) is 0 Å². The second-order valence-corrected chi connectivity index (χ2v) is 4.15. The zero-order valence-corrected chi connectivity index (χ0v) is 9.23. The van der Waals surface area contributed by atoms with Crippen LogP contribution in [0.4, 0.5) is 0 Å². The number of nitrogens with one attached hydrogen (secondary N) is 1. The SMILES string of the molecule is CC1CN=C(c2c(Cl)cccc2Cl)N1. The van der Waals surface area contributed by atoms with Crippen molar-refractivity contribution in [3.05, 3.63) is 33.8 Å². The molecule has 1 aliphatic rings. The Kier molecular flexibility index (Phi) is 2.66. The van der Waals surface area contributed by atoms with Crippen LogP contribution in [0.15, 0.2) is 23.2 Å². The smallest absolute Gasteiger partial charge is 0.131 e. The average Bonchev–Trinajstić information content (AvgIpc) is 2.51. The van der Waals surface area contributed by atoms with Gasteiger partial charge in [-0.15, -0.1) is 0 Å². The van der Waals surface area contributed by atoms with Crippen LogP contribution in [0.1, 0.15) is 12.5 Å². The molecule has 1 atom stereocenters. The van der Waals surface area contributed by atoms with Gasteiger partial charge in [0.2, 0.25) is 0 Å². The number of hydrogen-bond donors (Lipinski definition) is 1. The van der Waals surface area contributed by atoms with Crippen molar-refractivity contribution in [2.75, 3.05) is 6.54 Å². The van der Waals surface area contributed by atoms with Crippen molar-refractivity contribution in [1.29, 1.82) is 0 Å². The lowest BCUT2D eigenvalue weighted by Crippen LogP contribution is -2.28. The molecule has 0 bridgehead atoms. The Morgan fingerprint density at radius 2 is 2.00 bits per heavy atom. The molecule has 1 unspecified atom stereocenters. The molecule has 2 rings (SSSR count). The maximum Gasteiger partial charge on any atom is 0.131 e. The minimum atomic E-state index is 0.359. The molecular formula is C10H10Cl2N2. The summed E-state index contributed by atoms with van der Waals surface area (Å²) in [5.41, 5.74) is 0.806. The summed E-state index contributed by atoms with van der Waals surface area (Å²) in [4.78, 5) is 4.35. The number of halogens is 2. The first-order valence-corrected chi connectivity index (χ1v) is 5.19. The highest BCUT2D eigenvalue weighted by molar-refractivity contribution is 6.40. The first-order valence-electron chi connectivity index (χ1n) is 4.44. The summed E-state index contributed by atoms with van der Waals surface area (Å²) in [5.74, 6) is 0.799. The van der Waals surface area contributed by atoms with Crippen LogP contribution in [0.3, 0.4) is 0 Å². The minimum absolute atomic E-state index is 0.359. The molecule has 0 saturated carbocycles. The molecule has 1 aliphatic heterocycles. The van der Waals surface area contributed by atoms with E-state index >= 15 is 0 Å². The van der Waals surface area contributed by atoms with Crippen molar-refractivity contribution >= 4 is 29.0 Å². The summed E-state index contributed by atoms with van der Waals surface area (Å²) in [7, 11) is 0. The fourth-order valence-corrected chi connectivity index (χ4v) is 2.00. The van der Waals surface area contributed by atoms with Gasteiger partial charge in [-0.1, -0.05) is 29.3 Å². The van der Waals surface area contributed by atoms with E-state index in [2.05, 4.69) is 17.2 Å². The molecule has 1 aromatic rings. The number of aliphatic imine (C=N–C) groups is 1. The number of hydrogen-bond acceptors (Lipinski definition) is 2. The molecule has 1 heterocycles. The van der Waals surface area contributed by atoms with Gasteiger partial charge in [-0.2, -0.15) is 0 Å². The first-order chi connectivity index (χ1) is 6.68. The van der Waals surface area contributed by atoms with Gasteiger partial charge >= 0.3 is 0 Å². The summed E-state index contributed by atoms with van der Waals surface area (Å²) < 4.78 is 0. The molecule has 2 nitrogen and oxygen atoms in total. The van der Waals surface area contributed by atoms with E-state index in [0.29, 0.717) is 16.1 Å². The molecule has 0 amide bonds. The van der Waals surface area contributed by atoms with E-state index in [1.54, 1.807) is 0 Å². The van der Waals surface area contributed by atoms with Gasteiger partial charge in [0.15, 0.2) is 0 Å². The average molecular weight is 229 g/mol. The molecule has 0 aliphatic carbocycles. The van der Waals surface area contributed by atoms with Crippen LogP contribution in [-0.4, -0.2) is 18.4 Å². The Morgan fingerprint density at radius 1 is 1.36 bits per heavy atom. The normalized spacial score (nSPS) is 20.5. The van der Waals surface area contributed by atoms with E-state index in [4.69, 9.17) is 23.2 Å². The Hall–Kier alpha value is -0.730. The molecule has 1 aromatic carbocycles. The largest absolute Gasteiger partial charge is 0.365 e. The highest BCUT2D eigenvalue weighted by atomic mass is 35.5. The number of nitrogens with zero attached hydrogens (tertiary/aromatic N) is 1. The Morgan fingerprint density at radius 3 is 2.50 bits per heavy atom. The molecule has 74 valence electrons. The Labute approximate surface area is 92.9 Å². The van der Waals surface area contributed by atoms with Gasteiger partial charge in [0.1, 0.15) is 5.84 Å².